The van der Waals surface area contributed by atoms with Crippen molar-refractivity contribution in [3.05, 3.63) is 24.0 Å². The first-order valence-electron chi connectivity index (χ1n) is 5.38. The van der Waals surface area contributed by atoms with Gasteiger partial charge in [-0.2, -0.15) is 5.10 Å². The van der Waals surface area contributed by atoms with E-state index in [2.05, 4.69) is 5.10 Å². The van der Waals surface area contributed by atoms with E-state index >= 15 is 0 Å². The molecule has 0 aromatic carbocycles. The van der Waals surface area contributed by atoms with Crippen LogP contribution in [-0.4, -0.2) is 56.1 Å². The van der Waals surface area contributed by atoms with Crippen molar-refractivity contribution in [3.63, 3.8) is 0 Å². The molecule has 2 N–H and O–H groups in total. The molecule has 6 nitrogen and oxygen atoms in total. The Balaban J connectivity index is 1.96. The number of aromatic nitrogens is 2. The summed E-state index contributed by atoms with van der Waals surface area (Å²) in [4.78, 5) is 13.1. The quantitative estimate of drug-likeness (QED) is 0.646. The maximum Gasteiger partial charge on any atom is 0.246 e. The maximum atomic E-state index is 11.7. The zero-order valence-electron chi connectivity index (χ0n) is 9.52. The highest BCUT2D eigenvalue weighted by Gasteiger charge is 2.31. The Bertz CT molecular complexity index is 431. The third-order valence-corrected chi connectivity index (χ3v) is 2.71. The number of rotatable bonds is 2. The van der Waals surface area contributed by atoms with Gasteiger partial charge in [0.15, 0.2) is 0 Å². The van der Waals surface area contributed by atoms with Gasteiger partial charge in [0.2, 0.25) is 5.91 Å². The highest BCUT2D eigenvalue weighted by atomic mass is 16.3. The topological polar surface area (TPSA) is 78.6 Å². The zero-order valence-corrected chi connectivity index (χ0v) is 9.52. The summed E-state index contributed by atoms with van der Waals surface area (Å²) in [5.74, 6) is -0.218. The fraction of sp³-hybridized carbons (Fsp3) is 0.455. The van der Waals surface area contributed by atoms with Crippen LogP contribution in [0.5, 0.6) is 0 Å². The number of carbonyl (C=O) groups excluding carboxylic acids is 1. The van der Waals surface area contributed by atoms with Crippen LogP contribution in [0.3, 0.4) is 0 Å². The van der Waals surface area contributed by atoms with E-state index in [-0.39, 0.29) is 19.0 Å². The van der Waals surface area contributed by atoms with Crippen molar-refractivity contribution >= 4 is 12.0 Å². The molecule has 2 rings (SSSR count). The minimum absolute atomic E-state index is 0.178. The molecule has 1 aliphatic heterocycles. The van der Waals surface area contributed by atoms with Gasteiger partial charge in [0.25, 0.3) is 0 Å². The third kappa shape index (κ3) is 2.72. The lowest BCUT2D eigenvalue weighted by Gasteiger charge is -2.11. The first kappa shape index (κ1) is 11.8. The molecular weight excluding hydrogens is 222 g/mol. The molecule has 1 amide bonds. The summed E-state index contributed by atoms with van der Waals surface area (Å²) in [6.07, 6.45) is 4.83. The first-order valence-corrected chi connectivity index (χ1v) is 5.38. The standard InChI is InChI=1S/C11H15N3O3/c1-13-5-8(4-12-13)2-3-11(17)14-6-9(15)10(16)7-14/h2-5,9-10,15-16H,6-7H2,1H3/b3-2+. The summed E-state index contributed by atoms with van der Waals surface area (Å²) in [6.45, 7) is 0.356. The Morgan fingerprint density at radius 3 is 2.65 bits per heavy atom. The average molecular weight is 237 g/mol. The number of hydrogen-bond donors (Lipinski definition) is 2. The fourth-order valence-corrected chi connectivity index (χ4v) is 1.75. The van der Waals surface area contributed by atoms with Crippen molar-refractivity contribution in [2.75, 3.05) is 13.1 Å². The third-order valence-electron chi connectivity index (χ3n) is 2.71. The van der Waals surface area contributed by atoms with Gasteiger partial charge in [0, 0.05) is 38.0 Å². The van der Waals surface area contributed by atoms with Crippen LogP contribution in [0.2, 0.25) is 0 Å². The lowest BCUT2D eigenvalue weighted by atomic mass is 10.3. The molecule has 1 aliphatic rings. The van der Waals surface area contributed by atoms with Gasteiger partial charge >= 0.3 is 0 Å². The van der Waals surface area contributed by atoms with Crippen LogP contribution in [0, 0.1) is 0 Å². The summed E-state index contributed by atoms with van der Waals surface area (Å²) >= 11 is 0. The van der Waals surface area contributed by atoms with Gasteiger partial charge in [-0.3, -0.25) is 9.48 Å². The number of nitrogens with zero attached hydrogens (tertiary/aromatic N) is 3. The normalized spacial score (nSPS) is 24.8. The number of aryl methyl sites for hydroxylation is 1. The molecule has 2 atom stereocenters. The van der Waals surface area contributed by atoms with Crippen molar-refractivity contribution in [2.24, 2.45) is 7.05 Å². The molecule has 1 aromatic rings. The molecule has 1 saturated heterocycles. The second-order valence-corrected chi connectivity index (χ2v) is 4.16. The predicted octanol–water partition coefficient (Wildman–Crippen LogP) is -1.00. The zero-order chi connectivity index (χ0) is 12.4. The first-order chi connectivity index (χ1) is 8.06. The van der Waals surface area contributed by atoms with Crippen molar-refractivity contribution in [1.29, 1.82) is 0 Å². The van der Waals surface area contributed by atoms with Crippen LogP contribution in [0.4, 0.5) is 0 Å². The maximum absolute atomic E-state index is 11.7. The second kappa shape index (κ2) is 4.68. The number of amides is 1. The van der Waals surface area contributed by atoms with Crippen LogP contribution in [-0.2, 0) is 11.8 Å². The van der Waals surface area contributed by atoms with Crippen LogP contribution < -0.4 is 0 Å². The number of hydrogen-bond acceptors (Lipinski definition) is 4. The van der Waals surface area contributed by atoms with Gasteiger partial charge in [-0.1, -0.05) is 0 Å². The Labute approximate surface area is 98.8 Å². The minimum Gasteiger partial charge on any atom is -0.388 e. The van der Waals surface area contributed by atoms with Crippen molar-refractivity contribution in [2.45, 2.75) is 12.2 Å². The number of β-amino-alcohol motifs (C(OH)–C–C–N with tert-alkyl or cyclic N) is 2. The smallest absolute Gasteiger partial charge is 0.246 e. The number of aliphatic hydroxyl groups excluding tert-OH is 2. The molecule has 0 radical (unpaired) electrons. The highest BCUT2D eigenvalue weighted by Crippen LogP contribution is 2.11. The van der Waals surface area contributed by atoms with Crippen LogP contribution >= 0.6 is 0 Å². The van der Waals surface area contributed by atoms with Gasteiger partial charge in [0.05, 0.1) is 18.4 Å². The van der Waals surface area contributed by atoms with Crippen LogP contribution in [0.1, 0.15) is 5.56 Å². The van der Waals surface area contributed by atoms with Crippen LogP contribution in [0.15, 0.2) is 18.5 Å². The number of aliphatic hydroxyl groups is 2. The second-order valence-electron chi connectivity index (χ2n) is 4.16. The SMILES string of the molecule is Cn1cc(/C=C/C(=O)N2CC(O)C(O)C2)cn1. The van der Waals surface area contributed by atoms with Crippen molar-refractivity contribution in [1.82, 2.24) is 14.7 Å². The molecule has 2 unspecified atom stereocenters. The number of likely N-dealkylation sites (tertiary alicyclic amines) is 1. The highest BCUT2D eigenvalue weighted by molar-refractivity contribution is 5.91. The van der Waals surface area contributed by atoms with Gasteiger partial charge in [0.1, 0.15) is 0 Å². The molecule has 1 aromatic heterocycles. The molecular formula is C11H15N3O3. The summed E-state index contributed by atoms with van der Waals surface area (Å²) in [5.41, 5.74) is 0.834. The van der Waals surface area contributed by atoms with Gasteiger partial charge in [-0.05, 0) is 6.08 Å². The molecule has 0 aliphatic carbocycles. The largest absolute Gasteiger partial charge is 0.388 e. The van der Waals surface area contributed by atoms with E-state index in [9.17, 15) is 15.0 Å². The van der Waals surface area contributed by atoms with E-state index < -0.39 is 12.2 Å². The Hall–Kier alpha value is -1.66. The molecule has 92 valence electrons. The summed E-state index contributed by atoms with van der Waals surface area (Å²) < 4.78 is 1.65. The molecule has 17 heavy (non-hydrogen) atoms. The molecule has 2 heterocycles. The van der Waals surface area contributed by atoms with E-state index in [1.54, 1.807) is 30.2 Å². The lowest BCUT2D eigenvalue weighted by Crippen LogP contribution is -2.27. The Morgan fingerprint density at radius 2 is 2.12 bits per heavy atom. The molecule has 0 bridgehead atoms. The van der Waals surface area contributed by atoms with E-state index in [0.29, 0.717) is 0 Å². The van der Waals surface area contributed by atoms with E-state index in [0.717, 1.165) is 5.56 Å². The fourth-order valence-electron chi connectivity index (χ4n) is 1.75. The van der Waals surface area contributed by atoms with E-state index in [1.165, 1.54) is 11.0 Å². The molecule has 1 fully saturated rings. The average Bonchev–Trinajstić information content (AvgIpc) is 2.83. The predicted molar refractivity (Wildman–Crippen MR) is 60.8 cm³/mol. The lowest BCUT2D eigenvalue weighted by molar-refractivity contribution is -0.125. The molecule has 6 heteroatoms. The Kier molecular flexibility index (Phi) is 3.26. The van der Waals surface area contributed by atoms with Gasteiger partial charge in [-0.15, -0.1) is 0 Å². The van der Waals surface area contributed by atoms with Gasteiger partial charge < -0.3 is 15.1 Å². The van der Waals surface area contributed by atoms with E-state index in [4.69, 9.17) is 0 Å². The van der Waals surface area contributed by atoms with Crippen molar-refractivity contribution in [3.8, 4) is 0 Å². The van der Waals surface area contributed by atoms with E-state index in [1.807, 2.05) is 0 Å². The minimum atomic E-state index is -0.842. The monoisotopic (exact) mass is 237 g/mol. The summed E-state index contributed by atoms with van der Waals surface area (Å²) in [7, 11) is 1.80. The Morgan fingerprint density at radius 1 is 1.47 bits per heavy atom. The van der Waals surface area contributed by atoms with Crippen molar-refractivity contribution < 1.29 is 15.0 Å². The summed E-state index contributed by atoms with van der Waals surface area (Å²) in [6, 6.07) is 0. The number of carbonyl (C=O) groups is 1. The summed E-state index contributed by atoms with van der Waals surface area (Å²) in [5, 5.41) is 22.6. The molecule has 0 saturated carbocycles. The van der Waals surface area contributed by atoms with Gasteiger partial charge in [-0.25, -0.2) is 0 Å². The molecule has 0 spiro atoms. The van der Waals surface area contributed by atoms with Crippen LogP contribution in [0.25, 0.3) is 6.08 Å².